The van der Waals surface area contributed by atoms with Crippen molar-refractivity contribution in [3.8, 4) is 0 Å². The van der Waals surface area contributed by atoms with Crippen LogP contribution in [-0.4, -0.2) is 29.8 Å². The van der Waals surface area contributed by atoms with Gasteiger partial charge < -0.3 is 15.4 Å². The summed E-state index contributed by atoms with van der Waals surface area (Å²) in [6, 6.07) is 18.3. The third-order valence-corrected chi connectivity index (χ3v) is 6.10. The van der Waals surface area contributed by atoms with Crippen LogP contribution < -0.4 is 15.5 Å². The molecule has 0 aromatic heterocycles. The topological polar surface area (TPSA) is 105 Å². The Bertz CT molecular complexity index is 1500. The van der Waals surface area contributed by atoms with E-state index in [1.54, 1.807) is 62.4 Å². The molecule has 0 saturated heterocycles. The molecular formula is C29H26ClN3O5. The van der Waals surface area contributed by atoms with E-state index in [1.165, 1.54) is 6.07 Å². The molecule has 8 nitrogen and oxygen atoms in total. The standard InChI is InChI=1S/C29H26ClN3O5/c1-16(2)38-29(37)21-10-5-6-11-22(21)32-26(34)19-8-7-9-20(15-19)31-25-24(30)27(35)33(28(25)36)23-13-12-17(3)14-18(23)4/h5-16,31H,1-4H3,(H,32,34). The van der Waals surface area contributed by atoms with E-state index in [1.807, 2.05) is 26.0 Å². The average molecular weight is 532 g/mol. The van der Waals surface area contributed by atoms with Gasteiger partial charge in [0, 0.05) is 11.3 Å². The number of esters is 1. The number of anilines is 3. The van der Waals surface area contributed by atoms with Gasteiger partial charge in [0.25, 0.3) is 17.7 Å². The lowest BCUT2D eigenvalue weighted by Gasteiger charge is -2.18. The first-order chi connectivity index (χ1) is 18.1. The smallest absolute Gasteiger partial charge is 0.340 e. The Kier molecular flexibility index (Phi) is 7.64. The van der Waals surface area contributed by atoms with Crippen LogP contribution in [0.1, 0.15) is 45.7 Å². The summed E-state index contributed by atoms with van der Waals surface area (Å²) in [4.78, 5) is 52.5. The van der Waals surface area contributed by atoms with E-state index in [4.69, 9.17) is 16.3 Å². The van der Waals surface area contributed by atoms with Gasteiger partial charge in [0.2, 0.25) is 0 Å². The molecule has 4 rings (SSSR count). The zero-order valence-corrected chi connectivity index (χ0v) is 22.1. The molecule has 0 saturated carbocycles. The van der Waals surface area contributed by atoms with Gasteiger partial charge in [-0.25, -0.2) is 9.69 Å². The molecule has 0 fully saturated rings. The molecule has 3 aromatic carbocycles. The second-order valence-corrected chi connectivity index (χ2v) is 9.46. The molecule has 194 valence electrons. The van der Waals surface area contributed by atoms with Crippen LogP contribution in [0.25, 0.3) is 0 Å². The molecule has 3 aromatic rings. The van der Waals surface area contributed by atoms with Crippen molar-refractivity contribution in [3.63, 3.8) is 0 Å². The number of aryl methyl sites for hydroxylation is 2. The Labute approximate surface area is 225 Å². The lowest BCUT2D eigenvalue weighted by atomic mass is 10.1. The Balaban J connectivity index is 1.54. The van der Waals surface area contributed by atoms with Gasteiger partial charge in [-0.2, -0.15) is 0 Å². The van der Waals surface area contributed by atoms with E-state index < -0.39 is 23.7 Å². The quantitative estimate of drug-likeness (QED) is 0.305. The minimum Gasteiger partial charge on any atom is -0.459 e. The summed E-state index contributed by atoms with van der Waals surface area (Å²) in [5, 5.41) is 5.38. The van der Waals surface area contributed by atoms with E-state index in [0.717, 1.165) is 16.0 Å². The highest BCUT2D eigenvalue weighted by molar-refractivity contribution is 6.53. The van der Waals surface area contributed by atoms with Crippen molar-refractivity contribution in [1.29, 1.82) is 0 Å². The molecule has 3 amide bonds. The minimum atomic E-state index is -0.634. The van der Waals surface area contributed by atoms with Gasteiger partial charge in [-0.1, -0.05) is 47.5 Å². The van der Waals surface area contributed by atoms with Gasteiger partial charge in [-0.3, -0.25) is 14.4 Å². The first kappa shape index (κ1) is 26.6. The normalized spacial score (nSPS) is 13.3. The van der Waals surface area contributed by atoms with Gasteiger partial charge in [0.1, 0.15) is 10.7 Å². The summed E-state index contributed by atoms with van der Waals surface area (Å²) in [5.41, 5.74) is 3.27. The Morgan fingerprint density at radius 2 is 1.66 bits per heavy atom. The monoisotopic (exact) mass is 531 g/mol. The maximum absolute atomic E-state index is 13.2. The van der Waals surface area contributed by atoms with Crippen molar-refractivity contribution in [1.82, 2.24) is 0 Å². The van der Waals surface area contributed by atoms with Gasteiger partial charge in [-0.05, 0) is 69.7 Å². The van der Waals surface area contributed by atoms with Crippen molar-refractivity contribution in [3.05, 3.63) is 99.7 Å². The van der Waals surface area contributed by atoms with Crippen LogP contribution in [-0.2, 0) is 14.3 Å². The predicted octanol–water partition coefficient (Wildman–Crippen LogP) is 5.56. The maximum atomic E-state index is 13.2. The van der Waals surface area contributed by atoms with Crippen LogP contribution in [0.5, 0.6) is 0 Å². The highest BCUT2D eigenvalue weighted by Crippen LogP contribution is 2.32. The van der Waals surface area contributed by atoms with Gasteiger partial charge >= 0.3 is 5.97 Å². The number of para-hydroxylation sites is 1. The van der Waals surface area contributed by atoms with Crippen LogP contribution in [0, 0.1) is 13.8 Å². The van der Waals surface area contributed by atoms with Crippen molar-refractivity contribution >= 4 is 52.4 Å². The Morgan fingerprint density at radius 1 is 0.921 bits per heavy atom. The highest BCUT2D eigenvalue weighted by atomic mass is 35.5. The van der Waals surface area contributed by atoms with Crippen LogP contribution in [0.4, 0.5) is 17.1 Å². The number of carbonyl (C=O) groups excluding carboxylic acids is 4. The van der Waals surface area contributed by atoms with Gasteiger partial charge in [0.15, 0.2) is 0 Å². The third-order valence-electron chi connectivity index (χ3n) is 5.75. The second-order valence-electron chi connectivity index (χ2n) is 9.08. The number of amides is 3. The largest absolute Gasteiger partial charge is 0.459 e. The molecule has 0 bridgehead atoms. The predicted molar refractivity (Wildman–Crippen MR) is 146 cm³/mol. The summed E-state index contributed by atoms with van der Waals surface area (Å²) in [5.74, 6) is -2.26. The highest BCUT2D eigenvalue weighted by Gasteiger charge is 2.39. The fourth-order valence-electron chi connectivity index (χ4n) is 4.01. The molecule has 1 aliphatic rings. The number of rotatable bonds is 7. The third kappa shape index (κ3) is 5.45. The summed E-state index contributed by atoms with van der Waals surface area (Å²) < 4.78 is 5.26. The van der Waals surface area contributed by atoms with Gasteiger partial charge in [0.05, 0.1) is 23.0 Å². The van der Waals surface area contributed by atoms with Crippen molar-refractivity contribution in [2.24, 2.45) is 0 Å². The zero-order valence-electron chi connectivity index (χ0n) is 21.3. The number of carbonyl (C=O) groups is 4. The van der Waals surface area contributed by atoms with Crippen molar-refractivity contribution in [2.75, 3.05) is 15.5 Å². The van der Waals surface area contributed by atoms with Crippen LogP contribution in [0.3, 0.4) is 0 Å². The number of hydrogen-bond acceptors (Lipinski definition) is 6. The van der Waals surface area contributed by atoms with Crippen molar-refractivity contribution in [2.45, 2.75) is 33.8 Å². The molecule has 0 atom stereocenters. The molecule has 0 radical (unpaired) electrons. The zero-order chi connectivity index (χ0) is 27.6. The van der Waals surface area contributed by atoms with E-state index in [9.17, 15) is 19.2 Å². The molecule has 0 spiro atoms. The van der Waals surface area contributed by atoms with Crippen LogP contribution in [0.15, 0.2) is 77.5 Å². The number of ether oxygens (including phenoxy) is 1. The summed E-state index contributed by atoms with van der Waals surface area (Å²) in [6.07, 6.45) is -0.314. The molecule has 1 heterocycles. The maximum Gasteiger partial charge on any atom is 0.340 e. The Morgan fingerprint density at radius 3 is 2.37 bits per heavy atom. The molecule has 38 heavy (non-hydrogen) atoms. The van der Waals surface area contributed by atoms with E-state index in [0.29, 0.717) is 17.1 Å². The number of benzene rings is 3. The lowest BCUT2D eigenvalue weighted by Crippen LogP contribution is -2.32. The molecule has 2 N–H and O–H groups in total. The molecule has 0 aliphatic carbocycles. The summed E-state index contributed by atoms with van der Waals surface area (Å²) in [7, 11) is 0. The van der Waals surface area contributed by atoms with Gasteiger partial charge in [-0.15, -0.1) is 0 Å². The number of nitrogens with zero attached hydrogens (tertiary/aromatic N) is 1. The average Bonchev–Trinajstić information content (AvgIpc) is 3.07. The Hall–Kier alpha value is -4.43. The number of nitrogens with one attached hydrogen (secondary N) is 2. The molecule has 9 heteroatoms. The number of imide groups is 1. The van der Waals surface area contributed by atoms with Crippen LogP contribution >= 0.6 is 11.6 Å². The number of hydrogen-bond donors (Lipinski definition) is 2. The lowest BCUT2D eigenvalue weighted by molar-refractivity contribution is -0.120. The van der Waals surface area contributed by atoms with Crippen LogP contribution in [0.2, 0.25) is 0 Å². The molecule has 0 unspecified atom stereocenters. The minimum absolute atomic E-state index is 0.0871. The summed E-state index contributed by atoms with van der Waals surface area (Å²) >= 11 is 6.28. The van der Waals surface area contributed by atoms with E-state index in [-0.39, 0.29) is 28.0 Å². The first-order valence-electron chi connectivity index (χ1n) is 11.9. The number of halogens is 1. The first-order valence-corrected chi connectivity index (χ1v) is 12.3. The molecule has 1 aliphatic heterocycles. The second kappa shape index (κ2) is 10.9. The van der Waals surface area contributed by atoms with E-state index >= 15 is 0 Å². The fourth-order valence-corrected chi connectivity index (χ4v) is 4.22. The van der Waals surface area contributed by atoms with E-state index in [2.05, 4.69) is 10.6 Å². The SMILES string of the molecule is Cc1ccc(N2C(=O)C(Cl)=C(Nc3cccc(C(=O)Nc4ccccc4C(=O)OC(C)C)c3)C2=O)c(C)c1. The summed E-state index contributed by atoms with van der Waals surface area (Å²) in [6.45, 7) is 7.21. The van der Waals surface area contributed by atoms with Crippen molar-refractivity contribution < 1.29 is 23.9 Å². The molecular weight excluding hydrogens is 506 g/mol. The fraction of sp³-hybridized carbons (Fsp3) is 0.172.